The predicted molar refractivity (Wildman–Crippen MR) is 82.3 cm³/mol. The van der Waals surface area contributed by atoms with Gasteiger partial charge in [-0.25, -0.2) is 0 Å². The number of phenolic OH excluding ortho intramolecular Hbond substituents is 1. The van der Waals surface area contributed by atoms with Crippen LogP contribution in [-0.4, -0.2) is 18.1 Å². The van der Waals surface area contributed by atoms with Crippen molar-refractivity contribution in [2.75, 3.05) is 12.4 Å². The summed E-state index contributed by atoms with van der Waals surface area (Å²) in [5.41, 5.74) is 2.56. The molecule has 5 nitrogen and oxygen atoms in total. The van der Waals surface area contributed by atoms with Gasteiger partial charge in [-0.15, -0.1) is 11.3 Å². The Morgan fingerprint density at radius 2 is 2.05 bits per heavy atom. The molecule has 1 aliphatic heterocycles. The molecule has 1 unspecified atom stereocenters. The number of carbonyl (C=O) groups is 1. The van der Waals surface area contributed by atoms with Crippen molar-refractivity contribution in [2.24, 2.45) is 0 Å². The molecule has 1 aromatic heterocycles. The average molecular weight is 304 g/mol. The Labute approximate surface area is 126 Å². The summed E-state index contributed by atoms with van der Waals surface area (Å²) in [6, 6.07) is 5.03. The van der Waals surface area contributed by atoms with Gasteiger partial charge in [-0.05, 0) is 37.1 Å². The van der Waals surface area contributed by atoms with Crippen LogP contribution in [0.2, 0.25) is 0 Å². The number of anilines is 1. The molecule has 1 aliphatic rings. The minimum atomic E-state index is -0.336. The van der Waals surface area contributed by atoms with Gasteiger partial charge in [0.1, 0.15) is 11.2 Å². The first-order chi connectivity index (χ1) is 10.0. The molecule has 1 aromatic carbocycles. The fourth-order valence-electron chi connectivity index (χ4n) is 2.41. The first kappa shape index (κ1) is 13.8. The summed E-state index contributed by atoms with van der Waals surface area (Å²) in [4.78, 5) is 13.4. The summed E-state index contributed by atoms with van der Waals surface area (Å²) in [6.45, 7) is 3.96. The Kier molecular flexibility index (Phi) is 3.25. The normalized spacial score (nSPS) is 16.9. The predicted octanol–water partition coefficient (Wildman–Crippen LogP) is 2.93. The molecule has 0 saturated carbocycles. The summed E-state index contributed by atoms with van der Waals surface area (Å²) < 4.78 is 5.11. The van der Waals surface area contributed by atoms with E-state index >= 15 is 0 Å². The van der Waals surface area contributed by atoms with Crippen molar-refractivity contribution in [3.8, 4) is 11.5 Å². The number of aryl methyl sites for hydroxylation is 1. The van der Waals surface area contributed by atoms with Gasteiger partial charge in [-0.3, -0.25) is 4.79 Å². The number of thiophene rings is 1. The number of nitrogens with one attached hydrogen (secondary N) is 2. The lowest BCUT2D eigenvalue weighted by Crippen LogP contribution is -2.38. The van der Waals surface area contributed by atoms with E-state index in [9.17, 15) is 9.90 Å². The van der Waals surface area contributed by atoms with Crippen LogP contribution in [0.15, 0.2) is 18.2 Å². The summed E-state index contributed by atoms with van der Waals surface area (Å²) in [5, 5.41) is 16.8. The van der Waals surface area contributed by atoms with Gasteiger partial charge in [0.15, 0.2) is 11.5 Å². The molecule has 0 bridgehead atoms. The van der Waals surface area contributed by atoms with Crippen LogP contribution in [0.5, 0.6) is 11.5 Å². The van der Waals surface area contributed by atoms with Crippen molar-refractivity contribution in [1.29, 1.82) is 0 Å². The number of amides is 1. The summed E-state index contributed by atoms with van der Waals surface area (Å²) in [6.07, 6.45) is -0.336. The van der Waals surface area contributed by atoms with Gasteiger partial charge >= 0.3 is 0 Å². The van der Waals surface area contributed by atoms with Crippen molar-refractivity contribution >= 4 is 22.2 Å². The number of benzene rings is 1. The van der Waals surface area contributed by atoms with Gasteiger partial charge in [-0.2, -0.15) is 0 Å². The van der Waals surface area contributed by atoms with E-state index in [0.717, 1.165) is 26.6 Å². The molecule has 0 fully saturated rings. The number of hydrogen-bond donors (Lipinski definition) is 3. The third kappa shape index (κ3) is 2.21. The monoisotopic (exact) mass is 304 g/mol. The van der Waals surface area contributed by atoms with E-state index in [1.807, 2.05) is 13.8 Å². The number of rotatable bonds is 2. The number of methoxy groups -OCH3 is 1. The molecule has 0 aliphatic carbocycles. The molecular weight excluding hydrogens is 288 g/mol. The van der Waals surface area contributed by atoms with Crippen molar-refractivity contribution in [3.05, 3.63) is 39.8 Å². The standard InChI is InChI=1S/C15H16N2O3S/c1-7-8(2)21-15-12(7)14(19)16-13(17-15)9-4-5-10(18)11(6-9)20-3/h4-6,13,17-18H,1-3H3,(H,16,19). The van der Waals surface area contributed by atoms with E-state index < -0.39 is 0 Å². The second-order valence-electron chi connectivity index (χ2n) is 4.97. The van der Waals surface area contributed by atoms with E-state index in [1.165, 1.54) is 7.11 Å². The minimum Gasteiger partial charge on any atom is -0.504 e. The quantitative estimate of drug-likeness (QED) is 0.798. The molecule has 21 heavy (non-hydrogen) atoms. The first-order valence-corrected chi connectivity index (χ1v) is 7.37. The smallest absolute Gasteiger partial charge is 0.256 e. The minimum absolute atomic E-state index is 0.0758. The van der Waals surface area contributed by atoms with Crippen LogP contribution >= 0.6 is 11.3 Å². The fraction of sp³-hybridized carbons (Fsp3) is 0.267. The first-order valence-electron chi connectivity index (χ1n) is 6.55. The molecule has 3 N–H and O–H groups in total. The van der Waals surface area contributed by atoms with E-state index in [1.54, 1.807) is 29.5 Å². The number of aromatic hydroxyl groups is 1. The molecule has 110 valence electrons. The van der Waals surface area contributed by atoms with Crippen LogP contribution in [0.4, 0.5) is 5.00 Å². The highest BCUT2D eigenvalue weighted by Crippen LogP contribution is 2.38. The maximum atomic E-state index is 12.3. The Balaban J connectivity index is 1.97. The van der Waals surface area contributed by atoms with Crippen molar-refractivity contribution in [2.45, 2.75) is 20.0 Å². The van der Waals surface area contributed by atoms with Crippen LogP contribution in [0.1, 0.15) is 32.5 Å². The van der Waals surface area contributed by atoms with Crippen LogP contribution < -0.4 is 15.4 Å². The van der Waals surface area contributed by atoms with E-state index in [0.29, 0.717) is 5.75 Å². The summed E-state index contributed by atoms with van der Waals surface area (Å²) >= 11 is 1.58. The Bertz CT molecular complexity index is 724. The van der Waals surface area contributed by atoms with Crippen molar-refractivity contribution in [1.82, 2.24) is 5.32 Å². The van der Waals surface area contributed by atoms with Crippen LogP contribution in [0, 0.1) is 13.8 Å². The summed E-state index contributed by atoms with van der Waals surface area (Å²) in [7, 11) is 1.50. The maximum Gasteiger partial charge on any atom is 0.256 e. The van der Waals surface area contributed by atoms with Gasteiger partial charge < -0.3 is 20.5 Å². The number of hydrogen-bond acceptors (Lipinski definition) is 5. The van der Waals surface area contributed by atoms with Crippen LogP contribution in [-0.2, 0) is 0 Å². The van der Waals surface area contributed by atoms with E-state index in [2.05, 4.69) is 10.6 Å². The molecule has 2 aromatic rings. The highest BCUT2D eigenvalue weighted by atomic mass is 32.1. The van der Waals surface area contributed by atoms with Gasteiger partial charge in [0.2, 0.25) is 0 Å². The zero-order chi connectivity index (χ0) is 15.1. The van der Waals surface area contributed by atoms with Crippen molar-refractivity contribution < 1.29 is 14.6 Å². The van der Waals surface area contributed by atoms with Crippen molar-refractivity contribution in [3.63, 3.8) is 0 Å². The Morgan fingerprint density at radius 3 is 2.76 bits per heavy atom. The van der Waals surface area contributed by atoms with E-state index in [-0.39, 0.29) is 17.8 Å². The summed E-state index contributed by atoms with van der Waals surface area (Å²) in [5.74, 6) is 0.377. The molecule has 0 radical (unpaired) electrons. The largest absolute Gasteiger partial charge is 0.504 e. The highest BCUT2D eigenvalue weighted by Gasteiger charge is 2.29. The lowest BCUT2D eigenvalue weighted by atomic mass is 10.1. The molecule has 6 heteroatoms. The topological polar surface area (TPSA) is 70.6 Å². The Hall–Kier alpha value is -2.21. The molecule has 3 rings (SSSR count). The number of carbonyl (C=O) groups excluding carboxylic acids is 1. The molecule has 1 atom stereocenters. The third-order valence-electron chi connectivity index (χ3n) is 3.70. The van der Waals surface area contributed by atoms with Crippen LogP contribution in [0.25, 0.3) is 0 Å². The SMILES string of the molecule is COc1cc(C2NC(=O)c3c(sc(C)c3C)N2)ccc1O. The molecular formula is C15H16N2O3S. The zero-order valence-corrected chi connectivity index (χ0v) is 12.8. The lowest BCUT2D eigenvalue weighted by molar-refractivity contribution is 0.0935. The van der Waals surface area contributed by atoms with E-state index in [4.69, 9.17) is 4.74 Å². The molecule has 1 amide bonds. The van der Waals surface area contributed by atoms with Gasteiger partial charge in [0.05, 0.1) is 12.7 Å². The van der Waals surface area contributed by atoms with Crippen LogP contribution in [0.3, 0.4) is 0 Å². The maximum absolute atomic E-state index is 12.3. The molecule has 0 spiro atoms. The molecule has 2 heterocycles. The lowest BCUT2D eigenvalue weighted by Gasteiger charge is -2.26. The zero-order valence-electron chi connectivity index (χ0n) is 12.0. The number of fused-ring (bicyclic) bond motifs is 1. The number of ether oxygens (including phenoxy) is 1. The fourth-order valence-corrected chi connectivity index (χ4v) is 3.50. The average Bonchev–Trinajstić information content (AvgIpc) is 2.75. The third-order valence-corrected chi connectivity index (χ3v) is 4.84. The van der Waals surface area contributed by atoms with Gasteiger partial charge in [0.25, 0.3) is 5.91 Å². The van der Waals surface area contributed by atoms with Gasteiger partial charge in [0, 0.05) is 4.88 Å². The number of phenols is 1. The Morgan fingerprint density at radius 1 is 1.29 bits per heavy atom. The van der Waals surface area contributed by atoms with Gasteiger partial charge in [-0.1, -0.05) is 6.07 Å². The second-order valence-corrected chi connectivity index (χ2v) is 6.19. The molecule has 0 saturated heterocycles. The second kappa shape index (κ2) is 4.96. The highest BCUT2D eigenvalue weighted by molar-refractivity contribution is 7.16.